The van der Waals surface area contributed by atoms with Gasteiger partial charge in [0.05, 0.1) is 12.2 Å². The lowest BCUT2D eigenvalue weighted by molar-refractivity contribution is 0.588. The Morgan fingerprint density at radius 2 is 2.11 bits per heavy atom. The first-order valence-electron chi connectivity index (χ1n) is 5.38. The number of H-pyrrole nitrogens is 1. The number of benzene rings is 1. The molecule has 0 aliphatic rings. The van der Waals surface area contributed by atoms with Gasteiger partial charge in [-0.1, -0.05) is 12.1 Å². The lowest BCUT2D eigenvalue weighted by atomic mass is 10.3. The summed E-state index contributed by atoms with van der Waals surface area (Å²) in [6, 6.07) is 6.73. The van der Waals surface area contributed by atoms with E-state index in [1.807, 2.05) is 0 Å². The third-order valence-electron chi connectivity index (χ3n) is 2.45. The van der Waals surface area contributed by atoms with Crippen molar-refractivity contribution in [2.75, 3.05) is 12.4 Å². The van der Waals surface area contributed by atoms with Crippen LogP contribution in [0.4, 0.5) is 5.69 Å². The van der Waals surface area contributed by atoms with Gasteiger partial charge < -0.3 is 10.3 Å². The quantitative estimate of drug-likeness (QED) is 0.751. The van der Waals surface area contributed by atoms with Gasteiger partial charge >= 0.3 is 0 Å². The first-order chi connectivity index (χ1) is 8.63. The highest BCUT2D eigenvalue weighted by Crippen LogP contribution is 2.20. The fourth-order valence-electron chi connectivity index (χ4n) is 1.53. The number of nitrogens with one attached hydrogen (secondary N) is 3. The Balaban J connectivity index is 2.23. The predicted octanol–water partition coefficient (Wildman–Crippen LogP) is 0.930. The summed E-state index contributed by atoms with van der Waals surface area (Å²) in [5.74, 6) is 0.742. The van der Waals surface area contributed by atoms with Crippen LogP contribution in [-0.4, -0.2) is 25.4 Å². The van der Waals surface area contributed by atoms with Crippen LogP contribution in [0.25, 0.3) is 0 Å². The Bertz CT molecular complexity index is 608. The molecule has 6 nitrogen and oxygen atoms in total. The first-order valence-corrected chi connectivity index (χ1v) is 6.86. The summed E-state index contributed by atoms with van der Waals surface area (Å²) in [6.45, 7) is 0.434. The summed E-state index contributed by atoms with van der Waals surface area (Å²) in [5, 5.41) is 3.04. The van der Waals surface area contributed by atoms with Crippen LogP contribution in [0.5, 0.6) is 0 Å². The first kappa shape index (κ1) is 12.6. The van der Waals surface area contributed by atoms with Crippen LogP contribution < -0.4 is 10.0 Å². The minimum Gasteiger partial charge on any atom is -0.377 e. The number of hydrogen-bond acceptors (Lipinski definition) is 4. The summed E-state index contributed by atoms with van der Waals surface area (Å²) in [4.78, 5) is 7.22. The Hall–Kier alpha value is -1.86. The van der Waals surface area contributed by atoms with Gasteiger partial charge in [-0.05, 0) is 19.2 Å². The molecule has 18 heavy (non-hydrogen) atoms. The van der Waals surface area contributed by atoms with E-state index in [0.717, 1.165) is 5.82 Å². The summed E-state index contributed by atoms with van der Waals surface area (Å²) < 4.78 is 25.9. The molecule has 1 aromatic carbocycles. The van der Waals surface area contributed by atoms with E-state index in [2.05, 4.69) is 20.0 Å². The summed E-state index contributed by atoms with van der Waals surface area (Å²) >= 11 is 0. The molecule has 0 atom stereocenters. The van der Waals surface area contributed by atoms with Gasteiger partial charge in [0.15, 0.2) is 0 Å². The molecule has 0 radical (unpaired) electrons. The Morgan fingerprint density at radius 3 is 2.78 bits per heavy atom. The largest absolute Gasteiger partial charge is 0.377 e. The molecule has 96 valence electrons. The van der Waals surface area contributed by atoms with Crippen LogP contribution in [0.2, 0.25) is 0 Å². The van der Waals surface area contributed by atoms with Crippen molar-refractivity contribution in [3.05, 3.63) is 42.5 Å². The fourth-order valence-corrected chi connectivity index (χ4v) is 2.44. The number of para-hydroxylation sites is 1. The van der Waals surface area contributed by atoms with E-state index in [4.69, 9.17) is 0 Å². The van der Waals surface area contributed by atoms with Crippen LogP contribution >= 0.6 is 0 Å². The maximum Gasteiger partial charge on any atom is 0.242 e. The van der Waals surface area contributed by atoms with Crippen molar-refractivity contribution in [1.82, 2.24) is 14.7 Å². The third kappa shape index (κ3) is 2.69. The molecule has 2 aromatic rings. The second kappa shape index (κ2) is 5.19. The van der Waals surface area contributed by atoms with Crippen LogP contribution in [0, 0.1) is 0 Å². The molecule has 0 amide bonds. The van der Waals surface area contributed by atoms with E-state index in [1.165, 1.54) is 7.05 Å². The van der Waals surface area contributed by atoms with Crippen molar-refractivity contribution >= 4 is 15.7 Å². The molecule has 2 rings (SSSR count). The average molecular weight is 266 g/mol. The molecule has 0 saturated carbocycles. The molecular formula is C11H14N4O2S. The molecule has 7 heteroatoms. The standard InChI is InChI=1S/C11H14N4O2S/c1-12-18(16,17)10-5-3-2-4-9(10)15-8-11-13-6-7-14-11/h2-7,12,15H,8H2,1H3,(H,13,14). The second-order valence-corrected chi connectivity index (χ2v) is 5.45. The van der Waals surface area contributed by atoms with E-state index < -0.39 is 10.0 Å². The predicted molar refractivity (Wildman–Crippen MR) is 68.6 cm³/mol. The third-order valence-corrected chi connectivity index (χ3v) is 3.92. The van der Waals surface area contributed by atoms with Gasteiger partial charge in [-0.15, -0.1) is 0 Å². The number of aromatic nitrogens is 2. The lowest BCUT2D eigenvalue weighted by Crippen LogP contribution is -2.20. The zero-order valence-electron chi connectivity index (χ0n) is 9.84. The molecule has 0 fully saturated rings. The number of imidazole rings is 1. The molecular weight excluding hydrogens is 252 g/mol. The maximum atomic E-state index is 11.8. The van der Waals surface area contributed by atoms with Crippen molar-refractivity contribution in [2.45, 2.75) is 11.4 Å². The normalized spacial score (nSPS) is 11.4. The maximum absolute atomic E-state index is 11.8. The number of anilines is 1. The van der Waals surface area contributed by atoms with Crippen LogP contribution in [-0.2, 0) is 16.6 Å². The van der Waals surface area contributed by atoms with Crippen molar-refractivity contribution < 1.29 is 8.42 Å². The zero-order chi connectivity index (χ0) is 13.0. The summed E-state index contributed by atoms with van der Waals surface area (Å²) in [5.41, 5.74) is 0.545. The SMILES string of the molecule is CNS(=O)(=O)c1ccccc1NCc1ncc[nH]1. The fraction of sp³-hybridized carbons (Fsp3) is 0.182. The molecule has 0 aliphatic heterocycles. The molecule has 1 heterocycles. The summed E-state index contributed by atoms with van der Waals surface area (Å²) in [6.07, 6.45) is 3.36. The van der Waals surface area contributed by atoms with E-state index >= 15 is 0 Å². The van der Waals surface area contributed by atoms with Crippen LogP contribution in [0.15, 0.2) is 41.6 Å². The number of nitrogens with zero attached hydrogens (tertiary/aromatic N) is 1. The Morgan fingerprint density at radius 1 is 1.33 bits per heavy atom. The highest BCUT2D eigenvalue weighted by molar-refractivity contribution is 7.89. The van der Waals surface area contributed by atoms with E-state index in [-0.39, 0.29) is 4.90 Å². The van der Waals surface area contributed by atoms with E-state index in [1.54, 1.807) is 36.7 Å². The minimum absolute atomic E-state index is 0.221. The molecule has 0 bridgehead atoms. The zero-order valence-corrected chi connectivity index (χ0v) is 10.7. The lowest BCUT2D eigenvalue weighted by Gasteiger charge is -2.10. The highest BCUT2D eigenvalue weighted by atomic mass is 32.2. The van der Waals surface area contributed by atoms with Crippen LogP contribution in [0.3, 0.4) is 0 Å². The topological polar surface area (TPSA) is 86.9 Å². The summed E-state index contributed by atoms with van der Waals surface area (Å²) in [7, 11) is -2.08. The molecule has 0 aliphatic carbocycles. The molecule has 3 N–H and O–H groups in total. The van der Waals surface area contributed by atoms with Gasteiger partial charge in [0.2, 0.25) is 10.0 Å². The van der Waals surface area contributed by atoms with Gasteiger partial charge in [0, 0.05) is 12.4 Å². The monoisotopic (exact) mass is 266 g/mol. The van der Waals surface area contributed by atoms with E-state index in [0.29, 0.717) is 12.2 Å². The number of rotatable bonds is 5. The van der Waals surface area contributed by atoms with Crippen molar-refractivity contribution in [1.29, 1.82) is 0 Å². The second-order valence-electron chi connectivity index (χ2n) is 3.59. The van der Waals surface area contributed by atoms with Crippen molar-refractivity contribution in [3.63, 3.8) is 0 Å². The van der Waals surface area contributed by atoms with Crippen LogP contribution in [0.1, 0.15) is 5.82 Å². The molecule has 0 unspecified atom stereocenters. The highest BCUT2D eigenvalue weighted by Gasteiger charge is 2.15. The average Bonchev–Trinajstić information content (AvgIpc) is 2.90. The van der Waals surface area contributed by atoms with Gasteiger partial charge in [0.1, 0.15) is 10.7 Å². The molecule has 1 aromatic heterocycles. The van der Waals surface area contributed by atoms with Gasteiger partial charge in [-0.2, -0.15) is 0 Å². The number of aromatic amines is 1. The van der Waals surface area contributed by atoms with Crippen molar-refractivity contribution in [2.24, 2.45) is 0 Å². The van der Waals surface area contributed by atoms with Gasteiger partial charge in [0.25, 0.3) is 0 Å². The Labute approximate surface area is 106 Å². The van der Waals surface area contributed by atoms with E-state index in [9.17, 15) is 8.42 Å². The minimum atomic E-state index is -3.46. The number of hydrogen-bond donors (Lipinski definition) is 3. The Kier molecular flexibility index (Phi) is 3.63. The van der Waals surface area contributed by atoms with Gasteiger partial charge in [-0.25, -0.2) is 18.1 Å². The molecule has 0 saturated heterocycles. The van der Waals surface area contributed by atoms with Crippen molar-refractivity contribution in [3.8, 4) is 0 Å². The number of sulfonamides is 1. The van der Waals surface area contributed by atoms with Gasteiger partial charge in [-0.3, -0.25) is 0 Å². The smallest absolute Gasteiger partial charge is 0.242 e. The molecule has 0 spiro atoms.